The Kier molecular flexibility index (Phi) is 1.55. The Bertz CT molecular complexity index is 317. The summed E-state index contributed by atoms with van der Waals surface area (Å²) in [5, 5.41) is 21.0. The van der Waals surface area contributed by atoms with Crippen molar-refractivity contribution < 1.29 is 10.2 Å². The molecule has 0 aromatic heterocycles. The Morgan fingerprint density at radius 3 is 1.69 bits per heavy atom. The van der Waals surface area contributed by atoms with E-state index in [1.807, 2.05) is 13.8 Å². The van der Waals surface area contributed by atoms with Crippen molar-refractivity contribution in [1.82, 2.24) is 0 Å². The predicted octanol–water partition coefficient (Wildman–Crippen LogP) is 1.80. The molecule has 0 heterocycles. The minimum Gasteiger partial charge on any atom is -0.392 e. The fraction of sp³-hybridized carbons (Fsp3) is 1.00. The number of aliphatic hydroxyl groups is 2. The molecule has 4 saturated carbocycles. The zero-order valence-electron chi connectivity index (χ0n) is 10.2. The van der Waals surface area contributed by atoms with Crippen molar-refractivity contribution in [2.24, 2.45) is 34.5 Å². The van der Waals surface area contributed by atoms with Crippen molar-refractivity contribution >= 4 is 0 Å². The van der Waals surface area contributed by atoms with Gasteiger partial charge in [-0.2, -0.15) is 0 Å². The molecule has 0 radical (unpaired) electrons. The molecule has 0 amide bonds. The lowest BCUT2D eigenvalue weighted by Crippen LogP contribution is -2.37. The van der Waals surface area contributed by atoms with Crippen LogP contribution in [0.1, 0.15) is 39.5 Å². The number of rotatable bonds is 0. The van der Waals surface area contributed by atoms with Crippen molar-refractivity contribution in [3.63, 3.8) is 0 Å². The Morgan fingerprint density at radius 1 is 0.875 bits per heavy atom. The van der Waals surface area contributed by atoms with E-state index in [4.69, 9.17) is 0 Å². The van der Waals surface area contributed by atoms with Gasteiger partial charge in [-0.3, -0.25) is 0 Å². The summed E-state index contributed by atoms with van der Waals surface area (Å²) in [6.07, 6.45) is 4.81. The molecule has 0 aromatic carbocycles. The molecule has 2 bridgehead atoms. The second-order valence-electron chi connectivity index (χ2n) is 7.39. The lowest BCUT2D eigenvalue weighted by atomic mass is 9.78. The van der Waals surface area contributed by atoms with Gasteiger partial charge in [-0.25, -0.2) is 0 Å². The van der Waals surface area contributed by atoms with Crippen LogP contribution in [0, 0.1) is 34.5 Å². The minimum absolute atomic E-state index is 0.278. The van der Waals surface area contributed by atoms with Gasteiger partial charge in [-0.15, -0.1) is 0 Å². The molecular weight excluding hydrogens is 200 g/mol. The van der Waals surface area contributed by atoms with Crippen LogP contribution in [0.25, 0.3) is 0 Å². The topological polar surface area (TPSA) is 40.5 Å². The molecule has 2 N–H and O–H groups in total. The molecule has 0 aromatic rings. The molecule has 4 rings (SSSR count). The maximum absolute atomic E-state index is 10.5. The van der Waals surface area contributed by atoms with Crippen LogP contribution in [0.2, 0.25) is 0 Å². The molecule has 6 atom stereocenters. The van der Waals surface area contributed by atoms with E-state index in [1.54, 1.807) is 0 Å². The molecule has 90 valence electrons. The second kappa shape index (κ2) is 2.51. The first kappa shape index (κ1) is 9.90. The molecule has 2 heteroatoms. The highest BCUT2D eigenvalue weighted by atomic mass is 16.3. The van der Waals surface area contributed by atoms with Gasteiger partial charge >= 0.3 is 0 Å². The average molecular weight is 222 g/mol. The van der Waals surface area contributed by atoms with E-state index < -0.39 is 0 Å². The summed E-state index contributed by atoms with van der Waals surface area (Å²) >= 11 is 0. The third-order valence-corrected chi connectivity index (χ3v) is 6.72. The fourth-order valence-electron chi connectivity index (χ4n) is 5.81. The first-order chi connectivity index (χ1) is 7.50. The van der Waals surface area contributed by atoms with Gasteiger partial charge in [-0.05, 0) is 54.8 Å². The van der Waals surface area contributed by atoms with Gasteiger partial charge in [0.05, 0.1) is 12.2 Å². The summed E-state index contributed by atoms with van der Waals surface area (Å²) in [4.78, 5) is 0. The highest BCUT2D eigenvalue weighted by Gasteiger charge is 2.75. The molecule has 4 aliphatic carbocycles. The molecule has 1 spiro atoms. The average Bonchev–Trinajstić information content (AvgIpc) is 2.87. The Labute approximate surface area is 97.0 Å². The Hall–Kier alpha value is -0.0800. The predicted molar refractivity (Wildman–Crippen MR) is 60.7 cm³/mol. The molecule has 0 aliphatic heterocycles. The molecule has 4 aliphatic rings. The first-order valence-corrected chi connectivity index (χ1v) is 6.86. The van der Waals surface area contributed by atoms with Crippen molar-refractivity contribution in [3.05, 3.63) is 0 Å². The van der Waals surface area contributed by atoms with Gasteiger partial charge in [0.1, 0.15) is 0 Å². The number of fused-ring (bicyclic) bond motifs is 3. The van der Waals surface area contributed by atoms with Crippen LogP contribution in [0.3, 0.4) is 0 Å². The SMILES string of the molecule is CC1(C)[C@H](O)[C@H]2[C@@H]([C@H]1O)[C@H]1CC[C@H]2C12CC2. The van der Waals surface area contributed by atoms with E-state index in [-0.39, 0.29) is 17.6 Å². The smallest absolute Gasteiger partial charge is 0.0650 e. The van der Waals surface area contributed by atoms with E-state index >= 15 is 0 Å². The normalized spacial score (nSPS) is 59.2. The molecule has 16 heavy (non-hydrogen) atoms. The highest BCUT2D eigenvalue weighted by Crippen LogP contribution is 2.78. The summed E-state index contributed by atoms with van der Waals surface area (Å²) < 4.78 is 0. The molecular formula is C14H22O2. The van der Waals surface area contributed by atoms with E-state index in [0.29, 0.717) is 17.3 Å². The van der Waals surface area contributed by atoms with E-state index in [0.717, 1.165) is 11.8 Å². The van der Waals surface area contributed by atoms with Crippen LogP contribution in [-0.4, -0.2) is 22.4 Å². The van der Waals surface area contributed by atoms with Crippen molar-refractivity contribution in [3.8, 4) is 0 Å². The second-order valence-corrected chi connectivity index (χ2v) is 7.39. The minimum atomic E-state index is -0.285. The van der Waals surface area contributed by atoms with Crippen LogP contribution in [0.15, 0.2) is 0 Å². The van der Waals surface area contributed by atoms with Crippen molar-refractivity contribution in [1.29, 1.82) is 0 Å². The van der Waals surface area contributed by atoms with Gasteiger partial charge < -0.3 is 10.2 Å². The molecule has 4 fully saturated rings. The van der Waals surface area contributed by atoms with Gasteiger partial charge in [0.15, 0.2) is 0 Å². The largest absolute Gasteiger partial charge is 0.392 e. The van der Waals surface area contributed by atoms with Crippen LogP contribution >= 0.6 is 0 Å². The van der Waals surface area contributed by atoms with Gasteiger partial charge in [0.2, 0.25) is 0 Å². The van der Waals surface area contributed by atoms with Crippen molar-refractivity contribution in [2.75, 3.05) is 0 Å². The lowest BCUT2D eigenvalue weighted by Gasteiger charge is -2.32. The summed E-state index contributed by atoms with van der Waals surface area (Å²) in [5.74, 6) is 2.28. The van der Waals surface area contributed by atoms with Gasteiger partial charge in [0.25, 0.3) is 0 Å². The fourth-order valence-corrected chi connectivity index (χ4v) is 5.81. The van der Waals surface area contributed by atoms with E-state index in [9.17, 15) is 10.2 Å². The summed E-state index contributed by atoms with van der Waals surface area (Å²) in [6.45, 7) is 4.08. The monoisotopic (exact) mass is 222 g/mol. The molecule has 0 unspecified atom stereocenters. The van der Waals surface area contributed by atoms with Crippen molar-refractivity contribution in [2.45, 2.75) is 51.7 Å². The van der Waals surface area contributed by atoms with Crippen LogP contribution in [0.5, 0.6) is 0 Å². The van der Waals surface area contributed by atoms with Gasteiger partial charge in [-0.1, -0.05) is 13.8 Å². The third-order valence-electron chi connectivity index (χ3n) is 6.72. The number of hydrogen-bond acceptors (Lipinski definition) is 2. The summed E-state index contributed by atoms with van der Waals surface area (Å²) in [7, 11) is 0. The zero-order chi connectivity index (χ0) is 11.3. The summed E-state index contributed by atoms with van der Waals surface area (Å²) in [5.41, 5.74) is 0.292. The first-order valence-electron chi connectivity index (χ1n) is 6.86. The van der Waals surface area contributed by atoms with Gasteiger partial charge in [0, 0.05) is 5.41 Å². The maximum atomic E-state index is 10.5. The highest BCUT2D eigenvalue weighted by molar-refractivity contribution is 5.23. The number of hydrogen-bond donors (Lipinski definition) is 2. The quantitative estimate of drug-likeness (QED) is 0.656. The summed E-state index contributed by atoms with van der Waals surface area (Å²) in [6, 6.07) is 0. The van der Waals surface area contributed by atoms with Crippen LogP contribution < -0.4 is 0 Å². The Morgan fingerprint density at radius 2 is 1.31 bits per heavy atom. The zero-order valence-corrected chi connectivity index (χ0v) is 10.2. The molecule has 0 saturated heterocycles. The standard InChI is InChI=1S/C14H22O2/c1-13(2)11(15)9-7-3-4-8(10(9)12(13)16)14(7)5-6-14/h7-12,15-16H,3-6H2,1-2H3/t7-,8-,9-,10+,11-,12-/m1/s1. The van der Waals surface area contributed by atoms with Crippen LogP contribution in [0.4, 0.5) is 0 Å². The third kappa shape index (κ3) is 0.799. The lowest BCUT2D eigenvalue weighted by molar-refractivity contribution is -0.0272. The Balaban J connectivity index is 1.79. The molecule has 2 nitrogen and oxygen atoms in total. The van der Waals surface area contributed by atoms with Crippen LogP contribution in [-0.2, 0) is 0 Å². The number of aliphatic hydroxyl groups excluding tert-OH is 2. The van der Waals surface area contributed by atoms with E-state index in [2.05, 4.69) is 0 Å². The maximum Gasteiger partial charge on any atom is 0.0650 e. The van der Waals surface area contributed by atoms with E-state index in [1.165, 1.54) is 25.7 Å².